The number of nitrogens with one attached hydrogen (secondary N) is 2. The van der Waals surface area contributed by atoms with Crippen molar-refractivity contribution in [2.75, 3.05) is 13.6 Å². The lowest BCUT2D eigenvalue weighted by molar-refractivity contribution is -0.140. The van der Waals surface area contributed by atoms with E-state index in [4.69, 9.17) is 5.11 Å². The van der Waals surface area contributed by atoms with E-state index in [-0.39, 0.29) is 17.9 Å². The van der Waals surface area contributed by atoms with E-state index in [1.54, 1.807) is 18.9 Å². The summed E-state index contributed by atoms with van der Waals surface area (Å²) < 4.78 is 0. The summed E-state index contributed by atoms with van der Waals surface area (Å²) in [6, 6.07) is -1.53. The minimum atomic E-state index is -1.04. The molecule has 3 atom stereocenters. The summed E-state index contributed by atoms with van der Waals surface area (Å²) in [6.07, 6.45) is 1.64. The molecule has 2 unspecified atom stereocenters. The number of carboxylic acids is 1. The van der Waals surface area contributed by atoms with Gasteiger partial charge < -0.3 is 20.6 Å². The molecule has 7 heteroatoms. The van der Waals surface area contributed by atoms with Crippen LogP contribution in [0, 0.1) is 5.92 Å². The number of nitrogens with zero attached hydrogens (tertiary/aromatic N) is 1. The summed E-state index contributed by atoms with van der Waals surface area (Å²) in [6.45, 7) is 4.11. The lowest BCUT2D eigenvalue weighted by Gasteiger charge is -2.30. The molecular weight excluding hydrogens is 262 g/mol. The first-order valence-corrected chi connectivity index (χ1v) is 6.89. The van der Waals surface area contributed by atoms with Crippen LogP contribution in [0.1, 0.15) is 33.1 Å². The number of carbonyl (C=O) groups is 3. The molecule has 0 radical (unpaired) electrons. The Kier molecular flexibility index (Phi) is 5.79. The van der Waals surface area contributed by atoms with Crippen LogP contribution in [-0.2, 0) is 9.59 Å². The smallest absolute Gasteiger partial charge is 0.326 e. The normalized spacial score (nSPS) is 22.1. The van der Waals surface area contributed by atoms with E-state index < -0.39 is 18.0 Å². The number of hydrogen-bond donors (Lipinski definition) is 3. The fourth-order valence-electron chi connectivity index (χ4n) is 2.18. The minimum absolute atomic E-state index is 0.0616. The van der Waals surface area contributed by atoms with Crippen LogP contribution in [0.2, 0.25) is 0 Å². The summed E-state index contributed by atoms with van der Waals surface area (Å²) >= 11 is 0. The number of likely N-dealkylation sites (N-methyl/N-ethyl adjacent to an activating group) is 1. The molecule has 1 aliphatic heterocycles. The molecule has 0 saturated carbocycles. The molecule has 20 heavy (non-hydrogen) atoms. The Morgan fingerprint density at radius 1 is 1.50 bits per heavy atom. The van der Waals surface area contributed by atoms with Crippen LogP contribution in [0.4, 0.5) is 4.79 Å². The molecule has 1 aliphatic rings. The lowest BCUT2D eigenvalue weighted by Crippen LogP contribution is -2.55. The summed E-state index contributed by atoms with van der Waals surface area (Å²) in [7, 11) is 1.69. The van der Waals surface area contributed by atoms with Crippen LogP contribution in [0.15, 0.2) is 0 Å². The predicted molar refractivity (Wildman–Crippen MR) is 73.2 cm³/mol. The van der Waals surface area contributed by atoms with Crippen molar-refractivity contribution in [3.63, 3.8) is 0 Å². The van der Waals surface area contributed by atoms with Crippen molar-refractivity contribution in [1.29, 1.82) is 0 Å². The molecule has 1 heterocycles. The third-order valence-corrected chi connectivity index (χ3v) is 3.73. The quantitative estimate of drug-likeness (QED) is 0.681. The molecular formula is C13H23N3O4. The Bertz CT molecular complexity index is 386. The predicted octanol–water partition coefficient (Wildman–Crippen LogP) is 0.406. The molecule has 1 fully saturated rings. The van der Waals surface area contributed by atoms with Crippen molar-refractivity contribution in [2.24, 2.45) is 5.92 Å². The number of likely N-dealkylation sites (tertiary alicyclic amines) is 1. The molecule has 0 aromatic carbocycles. The molecule has 0 aromatic rings. The van der Waals surface area contributed by atoms with Gasteiger partial charge in [0.25, 0.3) is 0 Å². The monoisotopic (exact) mass is 285 g/mol. The van der Waals surface area contributed by atoms with Gasteiger partial charge >= 0.3 is 12.0 Å². The molecule has 1 saturated heterocycles. The van der Waals surface area contributed by atoms with Crippen LogP contribution in [-0.4, -0.2) is 53.6 Å². The van der Waals surface area contributed by atoms with E-state index in [0.717, 1.165) is 0 Å². The first-order chi connectivity index (χ1) is 9.35. The van der Waals surface area contributed by atoms with Gasteiger partial charge in [0, 0.05) is 26.1 Å². The Hall–Kier alpha value is -1.79. The highest BCUT2D eigenvalue weighted by atomic mass is 16.4. The van der Waals surface area contributed by atoms with Crippen molar-refractivity contribution in [2.45, 2.75) is 45.2 Å². The summed E-state index contributed by atoms with van der Waals surface area (Å²) in [5.41, 5.74) is 0. The van der Waals surface area contributed by atoms with Crippen LogP contribution < -0.4 is 10.6 Å². The van der Waals surface area contributed by atoms with E-state index in [9.17, 15) is 14.4 Å². The number of carbonyl (C=O) groups excluding carboxylic acids is 2. The second-order valence-corrected chi connectivity index (χ2v) is 5.33. The van der Waals surface area contributed by atoms with E-state index in [0.29, 0.717) is 25.8 Å². The third kappa shape index (κ3) is 4.40. The third-order valence-electron chi connectivity index (χ3n) is 3.73. The number of amides is 3. The highest BCUT2D eigenvalue weighted by Gasteiger charge is 2.28. The Morgan fingerprint density at radius 2 is 2.15 bits per heavy atom. The van der Waals surface area contributed by atoms with Gasteiger partial charge in [0.05, 0.1) is 0 Å². The molecule has 0 aromatic heterocycles. The van der Waals surface area contributed by atoms with E-state index in [2.05, 4.69) is 10.6 Å². The minimum Gasteiger partial charge on any atom is -0.480 e. The van der Waals surface area contributed by atoms with Gasteiger partial charge in [0.1, 0.15) is 6.04 Å². The van der Waals surface area contributed by atoms with Gasteiger partial charge in [-0.1, -0.05) is 20.3 Å². The number of aliphatic carboxylic acids is 1. The van der Waals surface area contributed by atoms with Gasteiger partial charge in [-0.05, 0) is 12.3 Å². The van der Waals surface area contributed by atoms with Gasteiger partial charge in [-0.2, -0.15) is 0 Å². The SMILES string of the molecule is CCC(C)[C@H](NC(=O)NC1CCC(=O)N(C)C1)C(=O)O. The Labute approximate surface area is 118 Å². The summed E-state index contributed by atoms with van der Waals surface area (Å²) in [5, 5.41) is 14.3. The fourth-order valence-corrected chi connectivity index (χ4v) is 2.18. The highest BCUT2D eigenvalue weighted by Crippen LogP contribution is 2.10. The van der Waals surface area contributed by atoms with Crippen molar-refractivity contribution >= 4 is 17.9 Å². The van der Waals surface area contributed by atoms with E-state index >= 15 is 0 Å². The Morgan fingerprint density at radius 3 is 2.65 bits per heavy atom. The molecule has 0 spiro atoms. The zero-order valence-corrected chi connectivity index (χ0v) is 12.2. The molecule has 3 N–H and O–H groups in total. The van der Waals surface area contributed by atoms with E-state index in [1.807, 2.05) is 6.92 Å². The van der Waals surface area contributed by atoms with Gasteiger partial charge in [0.15, 0.2) is 0 Å². The molecule has 0 bridgehead atoms. The summed E-state index contributed by atoms with van der Waals surface area (Å²) in [5.74, 6) is -1.12. The highest BCUT2D eigenvalue weighted by molar-refractivity contribution is 5.83. The largest absolute Gasteiger partial charge is 0.480 e. The van der Waals surface area contributed by atoms with Crippen LogP contribution in [0.5, 0.6) is 0 Å². The number of hydrogen-bond acceptors (Lipinski definition) is 3. The van der Waals surface area contributed by atoms with Gasteiger partial charge in [-0.25, -0.2) is 9.59 Å². The zero-order valence-electron chi connectivity index (χ0n) is 12.2. The average Bonchev–Trinajstić information content (AvgIpc) is 2.39. The average molecular weight is 285 g/mol. The molecule has 1 rings (SSSR count). The van der Waals surface area contributed by atoms with Gasteiger partial charge in [-0.15, -0.1) is 0 Å². The maximum absolute atomic E-state index is 11.8. The number of piperidine rings is 1. The number of carboxylic acid groups (broad SMARTS) is 1. The van der Waals surface area contributed by atoms with Crippen LogP contribution >= 0.6 is 0 Å². The van der Waals surface area contributed by atoms with Crippen molar-refractivity contribution in [3.05, 3.63) is 0 Å². The van der Waals surface area contributed by atoms with Gasteiger partial charge in [0.2, 0.25) is 5.91 Å². The first-order valence-electron chi connectivity index (χ1n) is 6.89. The van der Waals surface area contributed by atoms with Crippen molar-refractivity contribution < 1.29 is 19.5 Å². The van der Waals surface area contributed by atoms with E-state index in [1.165, 1.54) is 0 Å². The topological polar surface area (TPSA) is 98.7 Å². The van der Waals surface area contributed by atoms with Crippen molar-refractivity contribution in [1.82, 2.24) is 15.5 Å². The second kappa shape index (κ2) is 7.12. The van der Waals surface area contributed by atoms with Crippen molar-refractivity contribution in [3.8, 4) is 0 Å². The van der Waals surface area contributed by atoms with Crippen LogP contribution in [0.3, 0.4) is 0 Å². The maximum atomic E-state index is 11.8. The first kappa shape index (κ1) is 16.3. The molecule has 7 nitrogen and oxygen atoms in total. The molecule has 114 valence electrons. The maximum Gasteiger partial charge on any atom is 0.326 e. The lowest BCUT2D eigenvalue weighted by atomic mass is 9.99. The number of urea groups is 1. The zero-order chi connectivity index (χ0) is 15.3. The fraction of sp³-hybridized carbons (Fsp3) is 0.769. The summed E-state index contributed by atoms with van der Waals surface area (Å²) in [4.78, 5) is 35.9. The molecule has 3 amide bonds. The standard InChI is InChI=1S/C13H23N3O4/c1-4-8(2)11(12(18)19)15-13(20)14-9-5-6-10(17)16(3)7-9/h8-9,11H,4-7H2,1-3H3,(H,18,19)(H2,14,15,20)/t8?,9?,11-/m0/s1. The second-order valence-electron chi connectivity index (χ2n) is 5.33. The van der Waals surface area contributed by atoms with Gasteiger partial charge in [-0.3, -0.25) is 4.79 Å². The number of rotatable bonds is 5. The van der Waals surface area contributed by atoms with Crippen LogP contribution in [0.25, 0.3) is 0 Å². The Balaban J connectivity index is 2.50. The molecule has 0 aliphatic carbocycles.